The van der Waals surface area contributed by atoms with Gasteiger partial charge in [-0.2, -0.15) is 0 Å². The van der Waals surface area contributed by atoms with E-state index in [0.717, 1.165) is 5.56 Å². The van der Waals surface area contributed by atoms with Crippen LogP contribution in [0.5, 0.6) is 0 Å². The SMILES string of the molecule is CNC(Cc1ccc(Cl)cc1)c1ccc([N+](=O)[O-])o1. The van der Waals surface area contributed by atoms with Crippen molar-refractivity contribution in [3.8, 4) is 0 Å². The lowest BCUT2D eigenvalue weighted by Gasteiger charge is -2.13. The van der Waals surface area contributed by atoms with Gasteiger partial charge in [0.25, 0.3) is 0 Å². The zero-order chi connectivity index (χ0) is 13.8. The first-order valence-corrected chi connectivity index (χ1v) is 6.14. The van der Waals surface area contributed by atoms with Crippen molar-refractivity contribution >= 4 is 17.5 Å². The number of nitrogens with one attached hydrogen (secondary N) is 1. The van der Waals surface area contributed by atoms with Crippen molar-refractivity contribution in [2.45, 2.75) is 12.5 Å². The van der Waals surface area contributed by atoms with Gasteiger partial charge in [0.1, 0.15) is 10.7 Å². The Morgan fingerprint density at radius 2 is 2.00 bits per heavy atom. The second-order valence-electron chi connectivity index (χ2n) is 4.10. The van der Waals surface area contributed by atoms with Crippen LogP contribution in [0.4, 0.5) is 5.88 Å². The summed E-state index contributed by atoms with van der Waals surface area (Å²) in [5.41, 5.74) is 1.07. The number of likely N-dealkylation sites (N-methyl/N-ethyl adjacent to an activating group) is 1. The van der Waals surface area contributed by atoms with Crippen LogP contribution in [-0.4, -0.2) is 12.0 Å². The third-order valence-corrected chi connectivity index (χ3v) is 3.09. The largest absolute Gasteiger partial charge is 0.433 e. The smallest absolute Gasteiger partial charge is 0.404 e. The zero-order valence-corrected chi connectivity index (χ0v) is 11.1. The van der Waals surface area contributed by atoms with Gasteiger partial charge in [0.15, 0.2) is 0 Å². The lowest BCUT2D eigenvalue weighted by Crippen LogP contribution is -2.18. The molecule has 0 aliphatic carbocycles. The van der Waals surface area contributed by atoms with E-state index in [9.17, 15) is 10.1 Å². The molecule has 0 bridgehead atoms. The number of nitro groups is 1. The van der Waals surface area contributed by atoms with Crippen LogP contribution in [0.15, 0.2) is 40.8 Å². The molecule has 1 aromatic carbocycles. The fourth-order valence-corrected chi connectivity index (χ4v) is 1.95. The Hall–Kier alpha value is -1.85. The molecule has 100 valence electrons. The van der Waals surface area contributed by atoms with E-state index in [2.05, 4.69) is 5.32 Å². The summed E-state index contributed by atoms with van der Waals surface area (Å²) in [6, 6.07) is 10.3. The van der Waals surface area contributed by atoms with E-state index < -0.39 is 4.92 Å². The molecule has 19 heavy (non-hydrogen) atoms. The predicted molar refractivity (Wildman–Crippen MR) is 72.3 cm³/mol. The number of hydrogen-bond acceptors (Lipinski definition) is 4. The van der Waals surface area contributed by atoms with Crippen molar-refractivity contribution in [3.63, 3.8) is 0 Å². The van der Waals surface area contributed by atoms with E-state index in [1.54, 1.807) is 13.1 Å². The number of rotatable bonds is 5. The van der Waals surface area contributed by atoms with Crippen molar-refractivity contribution < 1.29 is 9.34 Å². The molecule has 0 aliphatic heterocycles. The van der Waals surface area contributed by atoms with Gasteiger partial charge in [0.05, 0.1) is 12.1 Å². The van der Waals surface area contributed by atoms with Crippen molar-refractivity contribution in [2.75, 3.05) is 7.05 Å². The van der Waals surface area contributed by atoms with Gasteiger partial charge in [-0.1, -0.05) is 23.7 Å². The molecule has 1 atom stereocenters. The first kappa shape index (κ1) is 13.6. The molecule has 0 spiro atoms. The van der Waals surface area contributed by atoms with Crippen LogP contribution < -0.4 is 5.32 Å². The number of hydrogen-bond donors (Lipinski definition) is 1. The molecular formula is C13H13ClN2O3. The molecule has 0 radical (unpaired) electrons. The molecule has 0 fully saturated rings. The number of halogens is 1. The molecule has 1 unspecified atom stereocenters. The second kappa shape index (κ2) is 5.86. The Bertz CT molecular complexity index is 566. The van der Waals surface area contributed by atoms with Gasteiger partial charge in [-0.3, -0.25) is 10.1 Å². The highest BCUT2D eigenvalue weighted by atomic mass is 35.5. The summed E-state index contributed by atoms with van der Waals surface area (Å²) in [7, 11) is 1.79. The number of nitrogens with zero attached hydrogens (tertiary/aromatic N) is 1. The van der Waals surface area contributed by atoms with Crippen LogP contribution >= 0.6 is 11.6 Å². The molecule has 2 aromatic rings. The molecule has 0 aliphatic rings. The summed E-state index contributed by atoms with van der Waals surface area (Å²) < 4.78 is 5.21. The first-order valence-electron chi connectivity index (χ1n) is 5.76. The van der Waals surface area contributed by atoms with Crippen molar-refractivity contribution in [3.05, 3.63) is 62.9 Å². The summed E-state index contributed by atoms with van der Waals surface area (Å²) in [5, 5.41) is 14.4. The zero-order valence-electron chi connectivity index (χ0n) is 10.3. The van der Waals surface area contributed by atoms with Crippen LogP contribution in [-0.2, 0) is 6.42 Å². The van der Waals surface area contributed by atoms with E-state index in [1.807, 2.05) is 24.3 Å². The van der Waals surface area contributed by atoms with Gasteiger partial charge in [0, 0.05) is 5.02 Å². The molecule has 5 nitrogen and oxygen atoms in total. The highest BCUT2D eigenvalue weighted by Crippen LogP contribution is 2.24. The van der Waals surface area contributed by atoms with Gasteiger partial charge >= 0.3 is 5.88 Å². The Labute approximate surface area is 115 Å². The van der Waals surface area contributed by atoms with Crippen LogP contribution in [0.1, 0.15) is 17.4 Å². The van der Waals surface area contributed by atoms with E-state index in [4.69, 9.17) is 16.0 Å². The molecule has 1 N–H and O–H groups in total. The van der Waals surface area contributed by atoms with Gasteiger partial charge in [-0.15, -0.1) is 0 Å². The van der Waals surface area contributed by atoms with Crippen LogP contribution in [0, 0.1) is 10.1 Å². The van der Waals surface area contributed by atoms with E-state index in [0.29, 0.717) is 17.2 Å². The minimum Gasteiger partial charge on any atom is -0.404 e. The molecule has 0 saturated heterocycles. The van der Waals surface area contributed by atoms with Gasteiger partial charge in [-0.05, 0) is 37.2 Å². The molecule has 1 heterocycles. The Kier molecular flexibility index (Phi) is 4.19. The normalized spacial score (nSPS) is 12.3. The van der Waals surface area contributed by atoms with Crippen LogP contribution in [0.25, 0.3) is 0 Å². The maximum Gasteiger partial charge on any atom is 0.433 e. The molecule has 1 aromatic heterocycles. The van der Waals surface area contributed by atoms with Gasteiger partial charge in [-0.25, -0.2) is 0 Å². The third-order valence-electron chi connectivity index (χ3n) is 2.84. The molecule has 0 saturated carbocycles. The lowest BCUT2D eigenvalue weighted by atomic mass is 10.0. The first-order chi connectivity index (χ1) is 9.10. The predicted octanol–water partition coefficient (Wildman–Crippen LogP) is 3.34. The second-order valence-corrected chi connectivity index (χ2v) is 4.54. The fourth-order valence-electron chi connectivity index (χ4n) is 1.83. The van der Waals surface area contributed by atoms with Crippen molar-refractivity contribution in [1.82, 2.24) is 5.32 Å². The Morgan fingerprint density at radius 3 is 2.53 bits per heavy atom. The molecule has 6 heteroatoms. The maximum absolute atomic E-state index is 10.6. The minimum absolute atomic E-state index is 0.116. The number of benzene rings is 1. The van der Waals surface area contributed by atoms with E-state index in [-0.39, 0.29) is 11.9 Å². The Balaban J connectivity index is 2.15. The Morgan fingerprint density at radius 1 is 1.32 bits per heavy atom. The van der Waals surface area contributed by atoms with E-state index >= 15 is 0 Å². The minimum atomic E-state index is -0.543. The van der Waals surface area contributed by atoms with Crippen molar-refractivity contribution in [2.24, 2.45) is 0 Å². The van der Waals surface area contributed by atoms with Crippen LogP contribution in [0.2, 0.25) is 5.02 Å². The van der Waals surface area contributed by atoms with Gasteiger partial charge < -0.3 is 9.73 Å². The monoisotopic (exact) mass is 280 g/mol. The summed E-state index contributed by atoms with van der Waals surface area (Å²) in [4.78, 5) is 10.1. The van der Waals surface area contributed by atoms with E-state index in [1.165, 1.54) is 6.07 Å². The summed E-state index contributed by atoms with van der Waals surface area (Å²) in [6.45, 7) is 0. The molecule has 2 rings (SSSR count). The standard InChI is InChI=1S/C13H13ClN2O3/c1-15-11(8-9-2-4-10(14)5-3-9)12-6-7-13(19-12)16(17)18/h2-7,11,15H,8H2,1H3. The quantitative estimate of drug-likeness (QED) is 0.674. The average molecular weight is 281 g/mol. The van der Waals surface area contributed by atoms with Crippen LogP contribution in [0.3, 0.4) is 0 Å². The maximum atomic E-state index is 10.6. The van der Waals surface area contributed by atoms with Gasteiger partial charge in [0.2, 0.25) is 0 Å². The molecule has 0 amide bonds. The lowest BCUT2D eigenvalue weighted by molar-refractivity contribution is -0.402. The highest BCUT2D eigenvalue weighted by molar-refractivity contribution is 6.30. The topological polar surface area (TPSA) is 68.3 Å². The molecular weight excluding hydrogens is 268 g/mol. The average Bonchev–Trinajstić information content (AvgIpc) is 2.88. The fraction of sp³-hybridized carbons (Fsp3) is 0.231. The van der Waals surface area contributed by atoms with Crippen molar-refractivity contribution in [1.29, 1.82) is 0 Å². The summed E-state index contributed by atoms with van der Waals surface area (Å²) >= 11 is 5.83. The highest BCUT2D eigenvalue weighted by Gasteiger charge is 2.18. The number of furan rings is 1. The summed E-state index contributed by atoms with van der Waals surface area (Å²) in [6.07, 6.45) is 0.665. The summed E-state index contributed by atoms with van der Waals surface area (Å²) in [5.74, 6) is 0.301. The third kappa shape index (κ3) is 3.33.